The Morgan fingerprint density at radius 2 is 2.00 bits per heavy atom. The highest BCUT2D eigenvalue weighted by Crippen LogP contribution is 2.20. The van der Waals surface area contributed by atoms with Crippen molar-refractivity contribution in [2.45, 2.75) is 0 Å². The second-order valence-corrected chi connectivity index (χ2v) is 6.43. The number of carbonyl (C=O) groups is 2. The maximum Gasteiger partial charge on any atom is 0.274 e. The van der Waals surface area contributed by atoms with Crippen molar-refractivity contribution in [1.29, 1.82) is 0 Å². The number of primary amides is 1. The highest BCUT2D eigenvalue weighted by molar-refractivity contribution is 5.93. The Kier molecular flexibility index (Phi) is 5.00. The van der Waals surface area contributed by atoms with Crippen LogP contribution < -0.4 is 10.5 Å². The first-order valence-corrected chi connectivity index (χ1v) is 9.02. The van der Waals surface area contributed by atoms with Crippen molar-refractivity contribution in [3.63, 3.8) is 0 Å². The number of morpholine rings is 1. The molecule has 0 unspecified atom stereocenters. The van der Waals surface area contributed by atoms with E-state index in [1.807, 2.05) is 0 Å². The Balaban J connectivity index is 1.76. The fourth-order valence-corrected chi connectivity index (χ4v) is 3.08. The summed E-state index contributed by atoms with van der Waals surface area (Å²) in [5, 5.41) is 4.51. The van der Waals surface area contributed by atoms with E-state index in [0.717, 1.165) is 0 Å². The fourth-order valence-electron chi connectivity index (χ4n) is 3.08. The topological polar surface area (TPSA) is 118 Å². The summed E-state index contributed by atoms with van der Waals surface area (Å²) in [6, 6.07) is 6.76. The molecule has 10 heteroatoms. The molecule has 4 heterocycles. The molecule has 1 fully saturated rings. The first-order valence-electron chi connectivity index (χ1n) is 9.02. The number of hydrogen-bond donors (Lipinski definition) is 1. The van der Waals surface area contributed by atoms with Crippen LogP contribution >= 0.6 is 0 Å². The summed E-state index contributed by atoms with van der Waals surface area (Å²) in [5.41, 5.74) is 6.64. The summed E-state index contributed by atoms with van der Waals surface area (Å²) >= 11 is 0. The van der Waals surface area contributed by atoms with E-state index < -0.39 is 5.91 Å². The van der Waals surface area contributed by atoms with Crippen LogP contribution in [0.25, 0.3) is 11.5 Å². The van der Waals surface area contributed by atoms with Crippen molar-refractivity contribution in [2.24, 2.45) is 5.73 Å². The Morgan fingerprint density at radius 3 is 2.62 bits per heavy atom. The molecule has 1 saturated heterocycles. The highest BCUT2D eigenvalue weighted by atomic mass is 16.5. The second kappa shape index (κ2) is 7.76. The van der Waals surface area contributed by atoms with Gasteiger partial charge in [-0.3, -0.25) is 9.59 Å². The molecule has 29 heavy (non-hydrogen) atoms. The van der Waals surface area contributed by atoms with Gasteiger partial charge >= 0.3 is 0 Å². The average Bonchev–Trinajstić information content (AvgIpc) is 3.41. The van der Waals surface area contributed by atoms with Gasteiger partial charge < -0.3 is 24.7 Å². The number of aromatic nitrogens is 4. The zero-order chi connectivity index (χ0) is 20.4. The molecule has 3 aromatic rings. The minimum Gasteiger partial charge on any atom is -0.481 e. The van der Waals surface area contributed by atoms with E-state index in [0.29, 0.717) is 49.3 Å². The quantitative estimate of drug-likeness (QED) is 0.676. The van der Waals surface area contributed by atoms with Crippen LogP contribution in [0.1, 0.15) is 20.8 Å². The Bertz CT molecular complexity index is 1030. The van der Waals surface area contributed by atoms with Gasteiger partial charge in [0.25, 0.3) is 5.91 Å². The Hall–Kier alpha value is -3.66. The van der Waals surface area contributed by atoms with Crippen LogP contribution in [0.5, 0.6) is 5.88 Å². The monoisotopic (exact) mass is 396 g/mol. The van der Waals surface area contributed by atoms with Crippen LogP contribution in [0.4, 0.5) is 0 Å². The van der Waals surface area contributed by atoms with Gasteiger partial charge in [-0.05, 0) is 12.1 Å². The maximum atomic E-state index is 12.9. The number of amides is 2. The third-order valence-corrected chi connectivity index (χ3v) is 4.62. The van der Waals surface area contributed by atoms with Crippen LogP contribution in [0.3, 0.4) is 0 Å². The molecule has 0 aromatic carbocycles. The molecule has 150 valence electrons. The fraction of sp³-hybridized carbons (Fsp3) is 0.263. The molecular formula is C19H20N6O4. The lowest BCUT2D eigenvalue weighted by Gasteiger charge is -2.25. The molecule has 0 aliphatic carbocycles. The largest absolute Gasteiger partial charge is 0.481 e. The summed E-state index contributed by atoms with van der Waals surface area (Å²) in [6.07, 6.45) is 4.88. The van der Waals surface area contributed by atoms with Crippen molar-refractivity contribution in [3.8, 4) is 17.4 Å². The summed E-state index contributed by atoms with van der Waals surface area (Å²) in [7, 11) is 1.53. The normalized spacial score (nSPS) is 14.0. The van der Waals surface area contributed by atoms with Crippen molar-refractivity contribution in [1.82, 2.24) is 24.2 Å². The predicted octanol–water partition coefficient (Wildman–Crippen LogP) is 0.638. The van der Waals surface area contributed by atoms with Crippen LogP contribution in [0.15, 0.2) is 42.9 Å². The predicted molar refractivity (Wildman–Crippen MR) is 102 cm³/mol. The smallest absolute Gasteiger partial charge is 0.274 e. The molecule has 1 aliphatic rings. The number of nitrogens with zero attached hydrogens (tertiary/aromatic N) is 5. The third-order valence-electron chi connectivity index (χ3n) is 4.62. The average molecular weight is 396 g/mol. The van der Waals surface area contributed by atoms with Gasteiger partial charge in [0.2, 0.25) is 11.8 Å². The summed E-state index contributed by atoms with van der Waals surface area (Å²) in [4.78, 5) is 30.3. The number of ether oxygens (including phenoxy) is 2. The summed E-state index contributed by atoms with van der Waals surface area (Å²) < 4.78 is 13.7. The van der Waals surface area contributed by atoms with Gasteiger partial charge in [0.05, 0.1) is 37.8 Å². The van der Waals surface area contributed by atoms with Crippen LogP contribution in [-0.2, 0) is 4.74 Å². The molecular weight excluding hydrogens is 376 g/mol. The van der Waals surface area contributed by atoms with Crippen molar-refractivity contribution < 1.29 is 19.1 Å². The number of methoxy groups -OCH3 is 1. The Morgan fingerprint density at radius 1 is 1.21 bits per heavy atom. The minimum absolute atomic E-state index is 0.183. The van der Waals surface area contributed by atoms with E-state index in [1.165, 1.54) is 7.11 Å². The number of rotatable bonds is 5. The van der Waals surface area contributed by atoms with Crippen LogP contribution in [-0.4, -0.2) is 69.5 Å². The van der Waals surface area contributed by atoms with E-state index in [2.05, 4.69) is 10.1 Å². The number of hydrogen-bond acceptors (Lipinski definition) is 6. The van der Waals surface area contributed by atoms with Gasteiger partial charge in [-0.1, -0.05) is 0 Å². The molecule has 4 rings (SSSR count). The Labute approximate surface area is 166 Å². The molecule has 3 aromatic heterocycles. The molecule has 0 spiro atoms. The summed E-state index contributed by atoms with van der Waals surface area (Å²) in [5.74, 6) is 0.313. The lowest BCUT2D eigenvalue weighted by Crippen LogP contribution is -2.40. The highest BCUT2D eigenvalue weighted by Gasteiger charge is 2.23. The molecule has 2 N–H and O–H groups in total. The maximum absolute atomic E-state index is 12.9. The van der Waals surface area contributed by atoms with Crippen molar-refractivity contribution in [2.75, 3.05) is 33.4 Å². The minimum atomic E-state index is -0.537. The van der Waals surface area contributed by atoms with Crippen LogP contribution in [0, 0.1) is 0 Å². The van der Waals surface area contributed by atoms with Gasteiger partial charge in [-0.2, -0.15) is 5.10 Å². The van der Waals surface area contributed by atoms with E-state index in [4.69, 9.17) is 15.2 Å². The van der Waals surface area contributed by atoms with E-state index in [-0.39, 0.29) is 11.6 Å². The van der Waals surface area contributed by atoms with E-state index >= 15 is 0 Å². The molecule has 2 amide bonds. The van der Waals surface area contributed by atoms with Crippen molar-refractivity contribution in [3.05, 3.63) is 54.1 Å². The summed E-state index contributed by atoms with van der Waals surface area (Å²) in [6.45, 7) is 2.03. The zero-order valence-corrected chi connectivity index (χ0v) is 15.8. The molecule has 0 radical (unpaired) electrons. The SMILES string of the molecule is COc1ccc(-n2nc(C(=O)N3CCOCC3)cc2-n2ccc(C(N)=O)c2)cn1. The van der Waals surface area contributed by atoms with Gasteiger partial charge in [0.15, 0.2) is 5.69 Å². The van der Waals surface area contributed by atoms with Gasteiger partial charge in [-0.15, -0.1) is 0 Å². The van der Waals surface area contributed by atoms with Crippen molar-refractivity contribution >= 4 is 11.8 Å². The number of nitrogens with two attached hydrogens (primary N) is 1. The third kappa shape index (κ3) is 3.69. The van der Waals surface area contributed by atoms with Crippen LogP contribution in [0.2, 0.25) is 0 Å². The molecule has 10 nitrogen and oxygen atoms in total. The lowest BCUT2D eigenvalue weighted by molar-refractivity contribution is 0.0298. The number of carbonyl (C=O) groups excluding carboxylic acids is 2. The molecule has 0 saturated carbocycles. The first kappa shape index (κ1) is 18.7. The van der Waals surface area contributed by atoms with E-state index in [9.17, 15) is 9.59 Å². The molecule has 1 aliphatic heterocycles. The van der Waals surface area contributed by atoms with Gasteiger partial charge in [0, 0.05) is 37.6 Å². The van der Waals surface area contributed by atoms with E-state index in [1.54, 1.807) is 57.0 Å². The second-order valence-electron chi connectivity index (χ2n) is 6.43. The number of pyridine rings is 1. The van der Waals surface area contributed by atoms with Gasteiger partial charge in [0.1, 0.15) is 5.82 Å². The molecule has 0 bridgehead atoms. The molecule has 0 atom stereocenters. The standard InChI is InChI=1S/C19H20N6O4/c1-28-16-3-2-14(11-21-16)25-17(24-5-4-13(12-24)18(20)26)10-15(22-25)19(27)23-6-8-29-9-7-23/h2-5,10-12H,6-9H2,1H3,(H2,20,26). The van der Waals surface area contributed by atoms with Gasteiger partial charge in [-0.25, -0.2) is 9.67 Å². The zero-order valence-electron chi connectivity index (χ0n) is 15.8. The lowest BCUT2D eigenvalue weighted by atomic mass is 10.3. The first-order chi connectivity index (χ1) is 14.1.